The van der Waals surface area contributed by atoms with Crippen molar-refractivity contribution >= 4 is 41.3 Å². The maximum absolute atomic E-state index is 12.5. The lowest BCUT2D eigenvalue weighted by molar-refractivity contribution is -0.122. The summed E-state index contributed by atoms with van der Waals surface area (Å²) in [7, 11) is -0.776. The lowest BCUT2D eigenvalue weighted by Gasteiger charge is -2.20. The van der Waals surface area contributed by atoms with Gasteiger partial charge in [0.25, 0.3) is 0 Å². The van der Waals surface area contributed by atoms with Gasteiger partial charge in [0.15, 0.2) is 0 Å². The molecule has 2 aromatic carbocycles. The van der Waals surface area contributed by atoms with Crippen LogP contribution in [-0.4, -0.2) is 34.8 Å². The zero-order valence-corrected chi connectivity index (χ0v) is 20.8. The van der Waals surface area contributed by atoms with Crippen LogP contribution in [0, 0.1) is 0 Å². The summed E-state index contributed by atoms with van der Waals surface area (Å²) in [6.07, 6.45) is 0.230. The summed E-state index contributed by atoms with van der Waals surface area (Å²) in [5.74, 6) is 1.46. The van der Waals surface area contributed by atoms with Gasteiger partial charge in [0.05, 0.1) is 18.2 Å². The number of ether oxygens (including phenoxy) is 2. The fourth-order valence-corrected chi connectivity index (χ4v) is 6.71. The Bertz CT molecular complexity index is 799. The summed E-state index contributed by atoms with van der Waals surface area (Å²) in [5, 5.41) is 4.95. The quantitative estimate of drug-likeness (QED) is 0.530. The number of carbonyl (C=O) groups is 2. The van der Waals surface area contributed by atoms with Crippen LogP contribution < -0.4 is 25.4 Å². The summed E-state index contributed by atoms with van der Waals surface area (Å²) in [4.78, 5) is 23.8. The fourth-order valence-electron chi connectivity index (χ4n) is 2.87. The molecule has 1 N–H and O–H groups in total. The van der Waals surface area contributed by atoms with Crippen molar-refractivity contribution in [3.8, 4) is 11.5 Å². The minimum atomic E-state index is -0.776. The molecular weight excluding hydrogens is 429 g/mol. The standard InChI is InChI=1S/C24H32NO4PS/c1-16(2)28-20-7-11-22(12-8-20)30(15-31-24(27)18(5)25-19(6)26)23-13-9-21(10-14-23)29-17(3)4/h7-14,16-18H,15H2,1-6H3,(H,25,26)/t18-/m0/s1. The number of hydrogen-bond donors (Lipinski definition) is 1. The molecule has 1 amide bonds. The van der Waals surface area contributed by atoms with Crippen molar-refractivity contribution in [2.45, 2.75) is 59.8 Å². The Labute approximate surface area is 191 Å². The van der Waals surface area contributed by atoms with Crippen LogP contribution in [0.3, 0.4) is 0 Å². The molecule has 0 aliphatic carbocycles. The van der Waals surface area contributed by atoms with E-state index in [0.717, 1.165) is 22.1 Å². The van der Waals surface area contributed by atoms with Crippen molar-refractivity contribution < 1.29 is 19.1 Å². The molecule has 31 heavy (non-hydrogen) atoms. The minimum Gasteiger partial charge on any atom is -0.491 e. The third kappa shape index (κ3) is 8.54. The Hall–Kier alpha value is -2.04. The normalized spacial score (nSPS) is 12.2. The Morgan fingerprint density at radius 3 is 1.61 bits per heavy atom. The molecule has 168 valence electrons. The molecule has 0 unspecified atom stereocenters. The van der Waals surface area contributed by atoms with Gasteiger partial charge in [-0.3, -0.25) is 9.59 Å². The molecule has 0 aliphatic rings. The number of thioether (sulfide) groups is 1. The summed E-state index contributed by atoms with van der Waals surface area (Å²) >= 11 is 1.27. The summed E-state index contributed by atoms with van der Waals surface area (Å²) in [5.41, 5.74) is 0.632. The van der Waals surface area contributed by atoms with Crippen molar-refractivity contribution in [2.75, 3.05) is 5.49 Å². The fraction of sp³-hybridized carbons (Fsp3) is 0.417. The van der Waals surface area contributed by atoms with Gasteiger partial charge in [0.2, 0.25) is 11.0 Å². The lowest BCUT2D eigenvalue weighted by Crippen LogP contribution is -2.35. The van der Waals surface area contributed by atoms with Gasteiger partial charge in [-0.1, -0.05) is 36.0 Å². The van der Waals surface area contributed by atoms with E-state index in [9.17, 15) is 9.59 Å². The van der Waals surface area contributed by atoms with E-state index in [0.29, 0.717) is 5.49 Å². The second-order valence-electron chi connectivity index (χ2n) is 7.76. The smallest absolute Gasteiger partial charge is 0.217 e. The van der Waals surface area contributed by atoms with E-state index < -0.39 is 14.0 Å². The number of benzene rings is 2. The van der Waals surface area contributed by atoms with Crippen LogP contribution in [0.5, 0.6) is 11.5 Å². The van der Waals surface area contributed by atoms with Crippen LogP contribution >= 0.6 is 19.7 Å². The van der Waals surface area contributed by atoms with Gasteiger partial charge in [-0.15, -0.1) is 0 Å². The summed E-state index contributed by atoms with van der Waals surface area (Å²) in [6, 6.07) is 15.7. The molecule has 0 radical (unpaired) electrons. The number of carbonyl (C=O) groups excluding carboxylic acids is 2. The second kappa shape index (κ2) is 12.1. The average molecular weight is 462 g/mol. The Balaban J connectivity index is 2.22. The number of hydrogen-bond acceptors (Lipinski definition) is 5. The lowest BCUT2D eigenvalue weighted by atomic mass is 10.3. The van der Waals surface area contributed by atoms with E-state index in [1.54, 1.807) is 6.92 Å². The van der Waals surface area contributed by atoms with E-state index in [1.807, 2.05) is 52.0 Å². The molecule has 0 fully saturated rings. The molecule has 2 aromatic rings. The average Bonchev–Trinajstić information content (AvgIpc) is 2.69. The van der Waals surface area contributed by atoms with E-state index in [-0.39, 0.29) is 23.2 Å². The Morgan fingerprint density at radius 2 is 1.26 bits per heavy atom. The van der Waals surface area contributed by atoms with Gasteiger partial charge in [-0.2, -0.15) is 0 Å². The Morgan fingerprint density at radius 1 is 0.839 bits per heavy atom. The van der Waals surface area contributed by atoms with Crippen LogP contribution in [-0.2, 0) is 9.59 Å². The molecule has 0 aliphatic heterocycles. The maximum Gasteiger partial charge on any atom is 0.217 e. The highest BCUT2D eigenvalue weighted by Crippen LogP contribution is 2.39. The first-order valence-electron chi connectivity index (χ1n) is 10.4. The van der Waals surface area contributed by atoms with Gasteiger partial charge in [0, 0.05) is 12.4 Å². The minimum absolute atomic E-state index is 0.0396. The van der Waals surface area contributed by atoms with Crippen molar-refractivity contribution in [1.82, 2.24) is 5.32 Å². The van der Waals surface area contributed by atoms with Crippen molar-refractivity contribution in [3.05, 3.63) is 48.5 Å². The molecule has 0 spiro atoms. The van der Waals surface area contributed by atoms with E-state index >= 15 is 0 Å². The molecule has 0 saturated carbocycles. The maximum atomic E-state index is 12.5. The van der Waals surface area contributed by atoms with E-state index in [1.165, 1.54) is 18.7 Å². The van der Waals surface area contributed by atoms with Gasteiger partial charge < -0.3 is 14.8 Å². The van der Waals surface area contributed by atoms with Crippen LogP contribution in [0.4, 0.5) is 0 Å². The summed E-state index contributed by atoms with van der Waals surface area (Å²) in [6.45, 7) is 11.1. The topological polar surface area (TPSA) is 64.6 Å². The Kier molecular flexibility index (Phi) is 9.86. The van der Waals surface area contributed by atoms with Crippen molar-refractivity contribution in [3.63, 3.8) is 0 Å². The highest BCUT2D eigenvalue weighted by molar-refractivity contribution is 8.18. The number of nitrogens with one attached hydrogen (secondary N) is 1. The van der Waals surface area contributed by atoms with Crippen molar-refractivity contribution in [2.24, 2.45) is 0 Å². The summed E-state index contributed by atoms with van der Waals surface area (Å²) < 4.78 is 11.5. The molecular formula is C24H32NO4PS. The van der Waals surface area contributed by atoms with E-state index in [4.69, 9.17) is 9.47 Å². The molecule has 0 aromatic heterocycles. The van der Waals surface area contributed by atoms with Gasteiger partial charge >= 0.3 is 0 Å². The zero-order valence-electron chi connectivity index (χ0n) is 19.0. The third-order valence-corrected chi connectivity index (χ3v) is 8.18. The molecule has 1 atom stereocenters. The highest BCUT2D eigenvalue weighted by atomic mass is 32.2. The molecule has 7 heteroatoms. The second-order valence-corrected chi connectivity index (χ2v) is 11.4. The zero-order chi connectivity index (χ0) is 23.0. The number of amides is 1. The van der Waals surface area contributed by atoms with Crippen LogP contribution in [0.15, 0.2) is 48.5 Å². The van der Waals surface area contributed by atoms with Gasteiger partial charge in [-0.05, 0) is 77.4 Å². The molecule has 0 saturated heterocycles. The van der Waals surface area contributed by atoms with Gasteiger partial charge in [-0.25, -0.2) is 0 Å². The molecule has 5 nitrogen and oxygen atoms in total. The molecule has 0 bridgehead atoms. The predicted molar refractivity (Wildman–Crippen MR) is 131 cm³/mol. The predicted octanol–water partition coefficient (Wildman–Crippen LogP) is 4.44. The first-order valence-corrected chi connectivity index (χ1v) is 12.9. The molecule has 2 rings (SSSR count). The van der Waals surface area contributed by atoms with Crippen molar-refractivity contribution in [1.29, 1.82) is 0 Å². The first-order chi connectivity index (χ1) is 14.7. The van der Waals surface area contributed by atoms with Gasteiger partial charge in [0.1, 0.15) is 11.5 Å². The van der Waals surface area contributed by atoms with Crippen LogP contribution in [0.2, 0.25) is 0 Å². The monoisotopic (exact) mass is 461 g/mol. The van der Waals surface area contributed by atoms with Crippen LogP contribution in [0.25, 0.3) is 0 Å². The first kappa shape index (κ1) is 25.2. The van der Waals surface area contributed by atoms with Crippen LogP contribution in [0.1, 0.15) is 41.5 Å². The van der Waals surface area contributed by atoms with E-state index in [2.05, 4.69) is 29.6 Å². The SMILES string of the molecule is CC(=O)N[C@@H](C)C(=O)SCP(c1ccc(OC(C)C)cc1)c1ccc(OC(C)C)cc1. The number of rotatable bonds is 10. The third-order valence-electron chi connectivity index (χ3n) is 4.15. The highest BCUT2D eigenvalue weighted by Gasteiger charge is 2.20. The largest absolute Gasteiger partial charge is 0.491 e. The molecule has 0 heterocycles.